The first-order chi connectivity index (χ1) is 11.1. The Morgan fingerprint density at radius 2 is 2.00 bits per heavy atom. The molecule has 0 fully saturated rings. The first kappa shape index (κ1) is 15.5. The molecule has 0 saturated carbocycles. The predicted octanol–water partition coefficient (Wildman–Crippen LogP) is 1.70. The number of carbonyl (C=O) groups is 1. The maximum absolute atomic E-state index is 12.2. The lowest BCUT2D eigenvalue weighted by atomic mass is 9.99. The third-order valence-electron chi connectivity index (χ3n) is 4.35. The van der Waals surface area contributed by atoms with Crippen molar-refractivity contribution >= 4 is 6.03 Å². The lowest BCUT2D eigenvalue weighted by molar-refractivity contribution is 0.228. The van der Waals surface area contributed by atoms with E-state index in [0.717, 1.165) is 25.1 Å². The average molecular weight is 313 g/mol. The fraction of sp³-hybridized carbons (Fsp3) is 0.471. The molecule has 2 aromatic rings. The molecule has 1 aromatic carbocycles. The number of hydrogen-bond acceptors (Lipinski definition) is 3. The Morgan fingerprint density at radius 3 is 2.65 bits per heavy atom. The number of amides is 2. The summed E-state index contributed by atoms with van der Waals surface area (Å²) >= 11 is 0. The van der Waals surface area contributed by atoms with Crippen LogP contribution in [0.4, 0.5) is 4.79 Å². The minimum absolute atomic E-state index is 0.119. The van der Waals surface area contributed by atoms with Crippen molar-refractivity contribution in [3.05, 3.63) is 47.5 Å². The number of aryl methyl sites for hydroxylation is 1. The third-order valence-corrected chi connectivity index (χ3v) is 4.35. The van der Waals surface area contributed by atoms with Crippen molar-refractivity contribution in [3.63, 3.8) is 0 Å². The Kier molecular flexibility index (Phi) is 4.32. The van der Waals surface area contributed by atoms with Crippen molar-refractivity contribution in [3.8, 4) is 0 Å². The highest BCUT2D eigenvalue weighted by atomic mass is 16.2. The highest BCUT2D eigenvalue weighted by Gasteiger charge is 2.33. The van der Waals surface area contributed by atoms with Gasteiger partial charge >= 0.3 is 6.03 Å². The Hall–Kier alpha value is -2.37. The van der Waals surface area contributed by atoms with Gasteiger partial charge in [-0.15, -0.1) is 10.2 Å². The first-order valence-corrected chi connectivity index (χ1v) is 8.09. The van der Waals surface area contributed by atoms with Crippen LogP contribution in [0, 0.1) is 0 Å². The van der Waals surface area contributed by atoms with Crippen molar-refractivity contribution in [2.24, 2.45) is 0 Å². The molecule has 2 N–H and O–H groups in total. The van der Waals surface area contributed by atoms with Gasteiger partial charge in [0.2, 0.25) is 0 Å². The lowest BCUT2D eigenvalue weighted by Gasteiger charge is -2.25. The molecule has 1 aliphatic carbocycles. The van der Waals surface area contributed by atoms with E-state index in [2.05, 4.69) is 52.0 Å². The molecule has 0 atom stereocenters. The number of carbonyl (C=O) groups excluding carboxylic acids is 1. The lowest BCUT2D eigenvalue weighted by Crippen LogP contribution is -2.51. The van der Waals surface area contributed by atoms with Gasteiger partial charge in [0.15, 0.2) is 0 Å². The van der Waals surface area contributed by atoms with Crippen LogP contribution in [0.15, 0.2) is 30.6 Å². The molecule has 1 aromatic heterocycles. The number of hydrogen-bond donors (Lipinski definition) is 2. The summed E-state index contributed by atoms with van der Waals surface area (Å²) in [4.78, 5) is 12.2. The third kappa shape index (κ3) is 3.52. The molecule has 122 valence electrons. The van der Waals surface area contributed by atoms with Crippen LogP contribution in [-0.2, 0) is 25.8 Å². The largest absolute Gasteiger partial charge is 0.336 e. The molecule has 0 aliphatic heterocycles. The summed E-state index contributed by atoms with van der Waals surface area (Å²) in [5, 5.41) is 14.0. The molecule has 1 heterocycles. The van der Waals surface area contributed by atoms with Gasteiger partial charge in [0.05, 0.1) is 0 Å². The maximum atomic E-state index is 12.2. The number of rotatable bonds is 5. The fourth-order valence-corrected chi connectivity index (χ4v) is 3.24. The number of nitrogens with zero attached hydrogens (tertiary/aromatic N) is 3. The first-order valence-electron chi connectivity index (χ1n) is 8.09. The van der Waals surface area contributed by atoms with Gasteiger partial charge < -0.3 is 15.2 Å². The van der Waals surface area contributed by atoms with Gasteiger partial charge in [0, 0.05) is 25.0 Å². The van der Waals surface area contributed by atoms with Crippen LogP contribution in [0.3, 0.4) is 0 Å². The van der Waals surface area contributed by atoms with Crippen LogP contribution in [0.2, 0.25) is 0 Å². The van der Waals surface area contributed by atoms with E-state index in [-0.39, 0.29) is 11.6 Å². The highest BCUT2D eigenvalue weighted by Crippen LogP contribution is 2.29. The highest BCUT2D eigenvalue weighted by molar-refractivity contribution is 5.75. The number of benzene rings is 1. The van der Waals surface area contributed by atoms with Gasteiger partial charge in [-0.1, -0.05) is 31.2 Å². The quantitative estimate of drug-likeness (QED) is 0.882. The van der Waals surface area contributed by atoms with Gasteiger partial charge in [-0.05, 0) is 30.9 Å². The van der Waals surface area contributed by atoms with Crippen molar-refractivity contribution in [2.75, 3.05) is 6.54 Å². The van der Waals surface area contributed by atoms with E-state index in [4.69, 9.17) is 0 Å². The topological polar surface area (TPSA) is 71.8 Å². The summed E-state index contributed by atoms with van der Waals surface area (Å²) in [6, 6.07) is 8.26. The van der Waals surface area contributed by atoms with Crippen LogP contribution in [0.25, 0.3) is 0 Å². The number of fused-ring (bicyclic) bond motifs is 1. The second-order valence-corrected chi connectivity index (χ2v) is 6.36. The molecule has 0 saturated heterocycles. The van der Waals surface area contributed by atoms with Gasteiger partial charge in [0.25, 0.3) is 0 Å². The summed E-state index contributed by atoms with van der Waals surface area (Å²) < 4.78 is 1.97. The minimum Gasteiger partial charge on any atom is -0.336 e. The Labute approximate surface area is 136 Å². The second-order valence-electron chi connectivity index (χ2n) is 6.36. The molecule has 0 unspecified atom stereocenters. The van der Waals surface area contributed by atoms with Gasteiger partial charge in [0.1, 0.15) is 12.2 Å². The molecular formula is C17H23N5O. The molecule has 6 heteroatoms. The number of nitrogens with one attached hydrogen (secondary N) is 2. The van der Waals surface area contributed by atoms with E-state index in [9.17, 15) is 4.79 Å². The Morgan fingerprint density at radius 1 is 1.30 bits per heavy atom. The van der Waals surface area contributed by atoms with Crippen LogP contribution in [-0.4, -0.2) is 32.9 Å². The van der Waals surface area contributed by atoms with E-state index >= 15 is 0 Å². The summed E-state index contributed by atoms with van der Waals surface area (Å²) in [6.45, 7) is 5.38. The van der Waals surface area contributed by atoms with Crippen molar-refractivity contribution in [2.45, 2.75) is 45.2 Å². The fourth-order valence-electron chi connectivity index (χ4n) is 3.24. The van der Waals surface area contributed by atoms with Crippen molar-refractivity contribution in [1.82, 2.24) is 25.4 Å². The number of urea groups is 1. The van der Waals surface area contributed by atoms with Crippen LogP contribution >= 0.6 is 0 Å². The van der Waals surface area contributed by atoms with E-state index < -0.39 is 0 Å². The summed E-state index contributed by atoms with van der Waals surface area (Å²) in [5.74, 6) is 0.936. The normalized spacial score (nSPS) is 15.2. The summed E-state index contributed by atoms with van der Waals surface area (Å²) in [6.07, 6.45) is 4.29. The van der Waals surface area contributed by atoms with E-state index in [1.165, 1.54) is 11.1 Å². The minimum atomic E-state index is -0.209. The molecule has 3 rings (SSSR count). The standard InChI is InChI=1S/C17H23N5O/c1-3-15-21-19-12-22(15)9-8-18-16(23)20-17(2)10-13-6-4-5-7-14(13)11-17/h4-7,12H,3,8-11H2,1-2H3,(H2,18,20,23). The SMILES string of the molecule is CCc1nncn1CCNC(=O)NC1(C)Cc2ccccc2C1. The smallest absolute Gasteiger partial charge is 0.315 e. The monoisotopic (exact) mass is 313 g/mol. The average Bonchev–Trinajstić information content (AvgIpc) is 3.09. The molecule has 0 bridgehead atoms. The van der Waals surface area contributed by atoms with Crippen molar-refractivity contribution in [1.29, 1.82) is 0 Å². The van der Waals surface area contributed by atoms with Crippen LogP contribution in [0.1, 0.15) is 30.8 Å². The molecule has 23 heavy (non-hydrogen) atoms. The van der Waals surface area contributed by atoms with E-state index in [1.54, 1.807) is 6.33 Å². The molecular weight excluding hydrogens is 290 g/mol. The summed E-state index contributed by atoms with van der Waals surface area (Å²) in [5.41, 5.74) is 2.44. The molecule has 0 spiro atoms. The number of aromatic nitrogens is 3. The van der Waals surface area contributed by atoms with Crippen molar-refractivity contribution < 1.29 is 4.79 Å². The van der Waals surface area contributed by atoms with Crippen LogP contribution < -0.4 is 10.6 Å². The summed E-state index contributed by atoms with van der Waals surface area (Å²) in [7, 11) is 0. The van der Waals surface area contributed by atoms with Gasteiger partial charge in [-0.2, -0.15) is 0 Å². The van der Waals surface area contributed by atoms with Gasteiger partial charge in [-0.3, -0.25) is 0 Å². The van der Waals surface area contributed by atoms with Crippen LogP contribution in [0.5, 0.6) is 0 Å². The zero-order valence-electron chi connectivity index (χ0n) is 13.7. The maximum Gasteiger partial charge on any atom is 0.315 e. The Balaban J connectivity index is 1.49. The second kappa shape index (κ2) is 6.40. The molecule has 1 aliphatic rings. The van der Waals surface area contributed by atoms with E-state index in [0.29, 0.717) is 13.1 Å². The molecule has 0 radical (unpaired) electrons. The zero-order valence-corrected chi connectivity index (χ0v) is 13.7. The predicted molar refractivity (Wildman–Crippen MR) is 88.2 cm³/mol. The Bertz CT molecular complexity index is 669. The van der Waals surface area contributed by atoms with Gasteiger partial charge in [-0.25, -0.2) is 4.79 Å². The van der Waals surface area contributed by atoms with E-state index in [1.807, 2.05) is 11.5 Å². The zero-order chi connectivity index (χ0) is 16.3. The molecule has 2 amide bonds. The molecule has 6 nitrogen and oxygen atoms in total.